The zero-order chi connectivity index (χ0) is 18.9. The summed E-state index contributed by atoms with van der Waals surface area (Å²) in [5.41, 5.74) is 0. The van der Waals surface area contributed by atoms with Gasteiger partial charge in [0.25, 0.3) is 6.47 Å². The molecule has 0 radical (unpaired) electrons. The topological polar surface area (TPSA) is 226 Å². The monoisotopic (exact) mass is 438 g/mol. The number of ether oxygens (including phenoxy) is 2. The molecular formula is C11H20K2O13. The SMILES string of the molecule is O=C1O[C@H](CO)[C@H](O)[C@H]1O.O=CO[O-].OC1OC[C@@H](O)[C@H](O)[C@H]1O.[H-].[K+].[K+]. The first-order valence-corrected chi connectivity index (χ1v) is 6.44. The van der Waals surface area contributed by atoms with Gasteiger partial charge in [0.2, 0.25) is 0 Å². The van der Waals surface area contributed by atoms with Crippen LogP contribution < -0.4 is 108 Å². The molecule has 2 aliphatic rings. The van der Waals surface area contributed by atoms with Crippen molar-refractivity contribution in [2.45, 2.75) is 42.9 Å². The summed E-state index contributed by atoms with van der Waals surface area (Å²) in [6, 6.07) is 0. The molecule has 26 heavy (non-hydrogen) atoms. The second-order valence-electron chi connectivity index (χ2n) is 4.56. The minimum absolute atomic E-state index is 0. The Balaban J connectivity index is -0.000000150. The minimum atomic E-state index is -1.50. The number of hydrogen-bond acceptors (Lipinski definition) is 13. The first kappa shape index (κ1) is 32.5. The van der Waals surface area contributed by atoms with Gasteiger partial charge in [-0.15, -0.1) is 0 Å². The Morgan fingerprint density at radius 1 is 1.12 bits per heavy atom. The average Bonchev–Trinajstić information content (AvgIpc) is 2.84. The van der Waals surface area contributed by atoms with Crippen LogP contribution in [0.3, 0.4) is 0 Å². The van der Waals surface area contributed by atoms with Crippen molar-refractivity contribution < 1.29 is 169 Å². The first-order valence-electron chi connectivity index (χ1n) is 6.44. The maximum absolute atomic E-state index is 10.4. The number of aliphatic hydroxyl groups excluding tert-OH is 7. The van der Waals surface area contributed by atoms with Crippen molar-refractivity contribution in [1.82, 2.24) is 0 Å². The third-order valence-electron chi connectivity index (χ3n) is 2.91. The van der Waals surface area contributed by atoms with Crippen LogP contribution in [0, 0.1) is 0 Å². The van der Waals surface area contributed by atoms with Crippen molar-refractivity contribution in [3.63, 3.8) is 0 Å². The fraction of sp³-hybridized carbons (Fsp3) is 0.818. The summed E-state index contributed by atoms with van der Waals surface area (Å²) in [6.45, 7) is -0.802. The van der Waals surface area contributed by atoms with Crippen LogP contribution in [0.5, 0.6) is 0 Å². The van der Waals surface area contributed by atoms with Gasteiger partial charge in [0, 0.05) is 0 Å². The van der Waals surface area contributed by atoms with E-state index in [0.717, 1.165) is 0 Å². The third kappa shape index (κ3) is 11.1. The predicted molar refractivity (Wildman–Crippen MR) is 67.2 cm³/mol. The van der Waals surface area contributed by atoms with E-state index in [1.807, 2.05) is 0 Å². The van der Waals surface area contributed by atoms with Crippen LogP contribution in [0.2, 0.25) is 0 Å². The molecule has 0 aromatic rings. The molecule has 15 heteroatoms. The normalized spacial score (nSPS) is 35.1. The number of carbonyl (C=O) groups excluding carboxylic acids is 2. The molecule has 0 spiro atoms. The van der Waals surface area contributed by atoms with Crippen molar-refractivity contribution in [1.29, 1.82) is 0 Å². The zero-order valence-corrected chi connectivity index (χ0v) is 20.4. The van der Waals surface area contributed by atoms with E-state index in [-0.39, 0.29) is 117 Å². The van der Waals surface area contributed by atoms with Gasteiger partial charge < -0.3 is 56.8 Å². The summed E-state index contributed by atoms with van der Waals surface area (Å²) >= 11 is 0. The molecule has 7 N–H and O–H groups in total. The van der Waals surface area contributed by atoms with Gasteiger partial charge in [-0.25, -0.2) is 4.79 Å². The molecule has 7 atom stereocenters. The molecule has 0 amide bonds. The smallest absolute Gasteiger partial charge is 1.00 e. The fourth-order valence-electron chi connectivity index (χ4n) is 1.57. The van der Waals surface area contributed by atoms with E-state index in [2.05, 4.69) is 14.4 Å². The van der Waals surface area contributed by atoms with Crippen LogP contribution in [0.15, 0.2) is 0 Å². The summed E-state index contributed by atoms with van der Waals surface area (Å²) in [5, 5.41) is 69.7. The van der Waals surface area contributed by atoms with Crippen molar-refractivity contribution in [3.8, 4) is 0 Å². The van der Waals surface area contributed by atoms with E-state index in [0.29, 0.717) is 0 Å². The van der Waals surface area contributed by atoms with Gasteiger partial charge in [-0.1, -0.05) is 0 Å². The Bertz CT molecular complexity index is 379. The van der Waals surface area contributed by atoms with Crippen molar-refractivity contribution in [2.24, 2.45) is 0 Å². The van der Waals surface area contributed by atoms with Gasteiger partial charge in [-0.3, -0.25) is 4.79 Å². The summed E-state index contributed by atoms with van der Waals surface area (Å²) in [4.78, 5) is 21.7. The van der Waals surface area contributed by atoms with Crippen LogP contribution in [0.1, 0.15) is 1.43 Å². The Morgan fingerprint density at radius 3 is 1.88 bits per heavy atom. The van der Waals surface area contributed by atoms with Crippen LogP contribution in [-0.4, -0.2) is 104 Å². The fourth-order valence-corrected chi connectivity index (χ4v) is 1.57. The Kier molecular flexibility index (Phi) is 22.1. The molecule has 2 fully saturated rings. The summed E-state index contributed by atoms with van der Waals surface area (Å²) < 4.78 is 8.81. The maximum atomic E-state index is 10.4. The zero-order valence-electron chi connectivity index (χ0n) is 15.1. The quantitative estimate of drug-likeness (QED) is 0.0699. The molecule has 1 unspecified atom stereocenters. The van der Waals surface area contributed by atoms with Crippen LogP contribution >= 0.6 is 0 Å². The van der Waals surface area contributed by atoms with Crippen molar-refractivity contribution in [2.75, 3.05) is 13.2 Å². The number of cyclic esters (lactones) is 1. The molecule has 13 nitrogen and oxygen atoms in total. The second kappa shape index (κ2) is 17.7. The van der Waals surface area contributed by atoms with E-state index in [1.165, 1.54) is 0 Å². The second-order valence-corrected chi connectivity index (χ2v) is 4.56. The molecule has 0 aliphatic carbocycles. The van der Waals surface area contributed by atoms with Gasteiger partial charge in [0.05, 0.1) is 13.2 Å². The number of hydrogen-bond donors (Lipinski definition) is 7. The van der Waals surface area contributed by atoms with Gasteiger partial charge >= 0.3 is 109 Å². The van der Waals surface area contributed by atoms with E-state index in [9.17, 15) is 4.79 Å². The molecule has 2 heterocycles. The molecule has 2 saturated heterocycles. The molecule has 2 rings (SSSR count). The first-order chi connectivity index (χ1) is 11.2. The molecule has 0 saturated carbocycles. The largest absolute Gasteiger partial charge is 1.00 e. The van der Waals surface area contributed by atoms with Crippen molar-refractivity contribution in [3.05, 3.63) is 0 Å². The summed E-state index contributed by atoms with van der Waals surface area (Å²) in [5.74, 6) is -0.883. The molecular weight excluding hydrogens is 418 g/mol. The van der Waals surface area contributed by atoms with Crippen LogP contribution in [-0.2, 0) is 24.0 Å². The van der Waals surface area contributed by atoms with E-state index in [1.54, 1.807) is 0 Å². The molecule has 0 bridgehead atoms. The van der Waals surface area contributed by atoms with Crippen LogP contribution in [0.25, 0.3) is 0 Å². The summed E-state index contributed by atoms with van der Waals surface area (Å²) in [6.07, 6.45) is -9.00. The molecule has 0 aromatic heterocycles. The Morgan fingerprint density at radius 2 is 1.62 bits per heavy atom. The average molecular weight is 438 g/mol. The van der Waals surface area contributed by atoms with E-state index in [4.69, 9.17) is 45.8 Å². The standard InChI is InChI=1S/C5H10O5.C5H8O5.CH2O3.2K.H/c6-2-1-10-5(9)4(8)3(2)7;6-1-2-3(7)4(8)5(9)10-2;2-1-4-3;;;/h2-9H,1H2;2-4,6-8H,1H2;1,3H;;;/q;;;2*+1;-1/p-1/t2-,3+,4-,5?;2-,3+,4-;;;;/m11..../s1. The maximum Gasteiger partial charge on any atom is 1.00 e. The van der Waals surface area contributed by atoms with Crippen LogP contribution in [0.4, 0.5) is 0 Å². The van der Waals surface area contributed by atoms with Gasteiger partial charge in [-0.05, 0) is 0 Å². The predicted octanol–water partition coefficient (Wildman–Crippen LogP) is -12.4. The third-order valence-corrected chi connectivity index (χ3v) is 2.91. The van der Waals surface area contributed by atoms with Crippen molar-refractivity contribution >= 4 is 12.4 Å². The van der Waals surface area contributed by atoms with E-state index < -0.39 is 55.5 Å². The number of carbonyl (C=O) groups is 2. The number of rotatable bonds is 2. The number of aliphatic hydroxyl groups is 7. The van der Waals surface area contributed by atoms with Gasteiger partial charge in [0.15, 0.2) is 18.5 Å². The molecule has 144 valence electrons. The Hall–Kier alpha value is 1.85. The van der Waals surface area contributed by atoms with E-state index >= 15 is 0 Å². The van der Waals surface area contributed by atoms with Gasteiger partial charge in [-0.2, -0.15) is 0 Å². The molecule has 2 aliphatic heterocycles. The summed E-state index contributed by atoms with van der Waals surface area (Å²) in [7, 11) is 0. The molecule has 0 aromatic carbocycles. The minimum Gasteiger partial charge on any atom is -1.00 e. The number of esters is 1. The van der Waals surface area contributed by atoms with Gasteiger partial charge in [0.1, 0.15) is 24.4 Å². The Labute approximate surface area is 234 Å².